The van der Waals surface area contributed by atoms with Gasteiger partial charge in [-0.05, 0) is 33.2 Å². The molecule has 1 aromatic rings. The third kappa shape index (κ3) is 6.28. The molecule has 0 aliphatic carbocycles. The SMILES string of the molecule is Cc1ccc(C(=O)NC[C@@H]2O[C@@H](CC(=O)NCCN(C)C)[C@H](O)[C@@H]2O)cc1. The number of carbonyl (C=O) groups excluding carboxylic acids is 2. The van der Waals surface area contributed by atoms with Gasteiger partial charge in [-0.2, -0.15) is 0 Å². The van der Waals surface area contributed by atoms with Gasteiger partial charge >= 0.3 is 0 Å². The van der Waals surface area contributed by atoms with Crippen LogP contribution >= 0.6 is 0 Å². The highest BCUT2D eigenvalue weighted by molar-refractivity contribution is 5.94. The average molecular weight is 379 g/mol. The molecule has 4 atom stereocenters. The van der Waals surface area contributed by atoms with Crippen LogP contribution in [0.25, 0.3) is 0 Å². The summed E-state index contributed by atoms with van der Waals surface area (Å²) in [4.78, 5) is 26.0. The number of likely N-dealkylation sites (N-methyl/N-ethyl adjacent to an activating group) is 1. The van der Waals surface area contributed by atoms with E-state index in [1.807, 2.05) is 38.1 Å². The highest BCUT2D eigenvalue weighted by Gasteiger charge is 2.43. The van der Waals surface area contributed by atoms with Gasteiger partial charge in [0, 0.05) is 25.2 Å². The van der Waals surface area contributed by atoms with E-state index in [4.69, 9.17) is 4.74 Å². The van der Waals surface area contributed by atoms with Gasteiger partial charge in [0.15, 0.2) is 0 Å². The van der Waals surface area contributed by atoms with Crippen LogP contribution in [0.3, 0.4) is 0 Å². The van der Waals surface area contributed by atoms with Crippen LogP contribution in [0, 0.1) is 6.92 Å². The summed E-state index contributed by atoms with van der Waals surface area (Å²) in [5.74, 6) is -0.539. The molecule has 27 heavy (non-hydrogen) atoms. The zero-order chi connectivity index (χ0) is 20.0. The van der Waals surface area contributed by atoms with Crippen molar-refractivity contribution in [2.45, 2.75) is 37.8 Å². The fraction of sp³-hybridized carbons (Fsp3) is 0.579. The Hall–Kier alpha value is -2.00. The zero-order valence-corrected chi connectivity index (χ0v) is 16.0. The molecule has 150 valence electrons. The summed E-state index contributed by atoms with van der Waals surface area (Å²) in [5.41, 5.74) is 1.56. The fourth-order valence-corrected chi connectivity index (χ4v) is 2.84. The highest BCUT2D eigenvalue weighted by atomic mass is 16.5. The van der Waals surface area contributed by atoms with Gasteiger partial charge in [0.2, 0.25) is 5.91 Å². The summed E-state index contributed by atoms with van der Waals surface area (Å²) in [6.45, 7) is 3.18. The first-order valence-corrected chi connectivity index (χ1v) is 9.06. The van der Waals surface area contributed by atoms with E-state index in [2.05, 4.69) is 10.6 Å². The van der Waals surface area contributed by atoms with Crippen LogP contribution in [-0.2, 0) is 9.53 Å². The molecule has 0 aromatic heterocycles. The summed E-state index contributed by atoms with van der Waals surface area (Å²) in [6, 6.07) is 7.10. The number of amides is 2. The van der Waals surface area contributed by atoms with Crippen LogP contribution in [0.15, 0.2) is 24.3 Å². The van der Waals surface area contributed by atoms with Gasteiger partial charge in [-0.1, -0.05) is 17.7 Å². The van der Waals surface area contributed by atoms with E-state index in [1.165, 1.54) is 0 Å². The maximum atomic E-state index is 12.2. The Morgan fingerprint density at radius 3 is 2.33 bits per heavy atom. The molecule has 1 aromatic carbocycles. The number of aryl methyl sites for hydroxylation is 1. The molecule has 0 saturated carbocycles. The van der Waals surface area contributed by atoms with Crippen molar-refractivity contribution in [1.29, 1.82) is 0 Å². The molecule has 2 amide bonds. The molecule has 2 rings (SSSR count). The predicted molar refractivity (Wildman–Crippen MR) is 100 cm³/mol. The molecule has 1 saturated heterocycles. The second kappa shape index (κ2) is 9.80. The first-order valence-electron chi connectivity index (χ1n) is 9.06. The normalized spacial score (nSPS) is 24.8. The number of rotatable bonds is 8. The van der Waals surface area contributed by atoms with Crippen LogP contribution in [0.2, 0.25) is 0 Å². The van der Waals surface area contributed by atoms with E-state index in [1.54, 1.807) is 12.1 Å². The molecular formula is C19H29N3O5. The van der Waals surface area contributed by atoms with Crippen molar-refractivity contribution in [1.82, 2.24) is 15.5 Å². The second-order valence-electron chi connectivity index (χ2n) is 7.13. The van der Waals surface area contributed by atoms with Gasteiger partial charge in [0.05, 0.1) is 12.5 Å². The summed E-state index contributed by atoms with van der Waals surface area (Å²) < 4.78 is 5.60. The Balaban J connectivity index is 1.80. The maximum absolute atomic E-state index is 12.2. The molecule has 0 bridgehead atoms. The summed E-state index contributed by atoms with van der Waals surface area (Å²) in [5, 5.41) is 25.7. The lowest BCUT2D eigenvalue weighted by atomic mass is 10.1. The third-order valence-corrected chi connectivity index (χ3v) is 4.51. The van der Waals surface area contributed by atoms with Crippen molar-refractivity contribution in [3.8, 4) is 0 Å². The summed E-state index contributed by atoms with van der Waals surface area (Å²) in [6.07, 6.45) is -3.96. The number of nitrogens with zero attached hydrogens (tertiary/aromatic N) is 1. The van der Waals surface area contributed by atoms with Crippen molar-refractivity contribution in [2.75, 3.05) is 33.7 Å². The molecule has 8 heteroatoms. The van der Waals surface area contributed by atoms with Crippen LogP contribution in [0.1, 0.15) is 22.3 Å². The van der Waals surface area contributed by atoms with Gasteiger partial charge < -0.3 is 30.5 Å². The number of aliphatic hydroxyl groups is 2. The van der Waals surface area contributed by atoms with Crippen LogP contribution in [0.5, 0.6) is 0 Å². The molecule has 0 unspecified atom stereocenters. The lowest BCUT2D eigenvalue weighted by molar-refractivity contribution is -0.125. The van der Waals surface area contributed by atoms with Crippen LogP contribution in [-0.4, -0.2) is 85.1 Å². The maximum Gasteiger partial charge on any atom is 0.251 e. The lowest BCUT2D eigenvalue weighted by Gasteiger charge is -2.15. The van der Waals surface area contributed by atoms with Crippen LogP contribution < -0.4 is 10.6 Å². The summed E-state index contributed by atoms with van der Waals surface area (Å²) in [7, 11) is 3.81. The highest BCUT2D eigenvalue weighted by Crippen LogP contribution is 2.23. The average Bonchev–Trinajstić information content (AvgIpc) is 2.88. The van der Waals surface area contributed by atoms with Gasteiger partial charge in [-0.15, -0.1) is 0 Å². The van der Waals surface area contributed by atoms with Crippen molar-refractivity contribution < 1.29 is 24.5 Å². The van der Waals surface area contributed by atoms with E-state index in [9.17, 15) is 19.8 Å². The fourth-order valence-electron chi connectivity index (χ4n) is 2.84. The van der Waals surface area contributed by atoms with Crippen molar-refractivity contribution in [3.05, 3.63) is 35.4 Å². The number of hydrogen-bond donors (Lipinski definition) is 4. The molecule has 1 aliphatic rings. The minimum atomic E-state index is -1.18. The zero-order valence-electron chi connectivity index (χ0n) is 16.0. The standard InChI is InChI=1S/C19H29N3O5/c1-12-4-6-13(7-5-12)19(26)21-11-15-18(25)17(24)14(27-15)10-16(23)20-8-9-22(2)3/h4-7,14-15,17-18,24-25H,8-11H2,1-3H3,(H,20,23)(H,21,26)/t14-,15-,17-,18+/m0/s1. The monoisotopic (exact) mass is 379 g/mol. The number of benzene rings is 1. The smallest absolute Gasteiger partial charge is 0.251 e. The molecule has 0 spiro atoms. The molecular weight excluding hydrogens is 350 g/mol. The number of carbonyl (C=O) groups is 2. The molecule has 1 aliphatic heterocycles. The van der Waals surface area contributed by atoms with Crippen molar-refractivity contribution in [2.24, 2.45) is 0 Å². The topological polar surface area (TPSA) is 111 Å². The Morgan fingerprint density at radius 2 is 1.70 bits per heavy atom. The molecule has 0 radical (unpaired) electrons. The Labute approximate surface area is 159 Å². The first kappa shape index (κ1) is 21.3. The Bertz CT molecular complexity index is 635. The Morgan fingerprint density at radius 1 is 1.07 bits per heavy atom. The predicted octanol–water partition coefficient (Wildman–Crippen LogP) is -0.718. The minimum Gasteiger partial charge on any atom is -0.388 e. The number of nitrogens with one attached hydrogen (secondary N) is 2. The largest absolute Gasteiger partial charge is 0.388 e. The summed E-state index contributed by atoms with van der Waals surface area (Å²) >= 11 is 0. The first-order chi connectivity index (χ1) is 12.8. The molecule has 1 fully saturated rings. The minimum absolute atomic E-state index is 0.0453. The molecule has 1 heterocycles. The van der Waals surface area contributed by atoms with Crippen molar-refractivity contribution in [3.63, 3.8) is 0 Å². The van der Waals surface area contributed by atoms with Crippen LogP contribution in [0.4, 0.5) is 0 Å². The van der Waals surface area contributed by atoms with E-state index in [0.29, 0.717) is 18.7 Å². The van der Waals surface area contributed by atoms with E-state index in [-0.39, 0.29) is 24.8 Å². The Kier molecular flexibility index (Phi) is 7.73. The number of aliphatic hydroxyl groups excluding tert-OH is 2. The quantitative estimate of drug-likeness (QED) is 0.475. The van der Waals surface area contributed by atoms with E-state index >= 15 is 0 Å². The van der Waals surface area contributed by atoms with Gasteiger partial charge in [-0.25, -0.2) is 0 Å². The van der Waals surface area contributed by atoms with Gasteiger partial charge in [-0.3, -0.25) is 9.59 Å². The number of hydrogen-bond acceptors (Lipinski definition) is 6. The van der Waals surface area contributed by atoms with E-state index in [0.717, 1.165) is 5.56 Å². The number of ether oxygens (including phenoxy) is 1. The lowest BCUT2D eigenvalue weighted by Crippen LogP contribution is -2.40. The second-order valence-corrected chi connectivity index (χ2v) is 7.13. The van der Waals surface area contributed by atoms with Crippen molar-refractivity contribution >= 4 is 11.8 Å². The molecule has 8 nitrogen and oxygen atoms in total. The van der Waals surface area contributed by atoms with Gasteiger partial charge in [0.1, 0.15) is 18.3 Å². The third-order valence-electron chi connectivity index (χ3n) is 4.51. The molecule has 4 N–H and O–H groups in total. The van der Waals surface area contributed by atoms with E-state index < -0.39 is 24.4 Å². The van der Waals surface area contributed by atoms with Gasteiger partial charge in [0.25, 0.3) is 5.91 Å².